The molecule has 4 rings (SSSR count). The number of nitrogens with one attached hydrogen (secondary N) is 1. The van der Waals surface area contributed by atoms with Crippen molar-refractivity contribution in [3.8, 4) is 5.75 Å². The van der Waals surface area contributed by atoms with Gasteiger partial charge in [0.05, 0.1) is 19.1 Å². The van der Waals surface area contributed by atoms with Gasteiger partial charge in [-0.05, 0) is 49.1 Å². The van der Waals surface area contributed by atoms with Crippen LogP contribution in [0.5, 0.6) is 5.75 Å². The van der Waals surface area contributed by atoms with Gasteiger partial charge in [-0.25, -0.2) is 4.79 Å². The molecule has 0 fully saturated rings. The predicted octanol–water partition coefficient (Wildman–Crippen LogP) is 3.22. The SMILES string of the molecule is COc1ccc2c(C)c(CC(=O)NC(C)CN3CCc4ccccc4C3)c(=O)oc2c1. The van der Waals surface area contributed by atoms with Gasteiger partial charge in [0, 0.05) is 37.1 Å². The Bertz CT molecular complexity index is 1170. The maximum Gasteiger partial charge on any atom is 0.340 e. The number of nitrogens with zero attached hydrogens (tertiary/aromatic N) is 1. The fraction of sp³-hybridized carbons (Fsp3) is 0.360. The number of rotatable bonds is 6. The topological polar surface area (TPSA) is 71.8 Å². The van der Waals surface area contributed by atoms with E-state index in [1.54, 1.807) is 13.2 Å². The van der Waals surface area contributed by atoms with Crippen LogP contribution in [0.25, 0.3) is 11.0 Å². The van der Waals surface area contributed by atoms with E-state index in [4.69, 9.17) is 9.15 Å². The van der Waals surface area contributed by atoms with Crippen LogP contribution in [0.4, 0.5) is 0 Å². The molecule has 1 amide bonds. The molecule has 1 atom stereocenters. The summed E-state index contributed by atoms with van der Waals surface area (Å²) >= 11 is 0. The Morgan fingerprint density at radius 3 is 2.77 bits per heavy atom. The standard InChI is InChI=1S/C25H28N2O4/c1-16(14-27-11-10-18-6-4-5-7-19(18)15-27)26-24(28)13-22-17(2)21-9-8-20(30-3)12-23(21)31-25(22)29/h4-9,12,16H,10-11,13-15H2,1-3H3,(H,26,28). The smallest absolute Gasteiger partial charge is 0.340 e. The Balaban J connectivity index is 1.40. The van der Waals surface area contributed by atoms with E-state index in [1.807, 2.05) is 26.0 Å². The minimum absolute atomic E-state index is 0.00328. The van der Waals surface area contributed by atoms with Crippen molar-refractivity contribution >= 4 is 16.9 Å². The lowest BCUT2D eigenvalue weighted by atomic mass is 9.99. The molecule has 1 aliphatic rings. The summed E-state index contributed by atoms with van der Waals surface area (Å²) in [5.74, 6) is 0.447. The molecule has 1 aliphatic heterocycles. The molecule has 6 nitrogen and oxygen atoms in total. The molecule has 0 bridgehead atoms. The normalized spacial score (nSPS) is 14.8. The van der Waals surface area contributed by atoms with Crippen molar-refractivity contribution in [2.24, 2.45) is 0 Å². The molecule has 0 saturated carbocycles. The summed E-state index contributed by atoms with van der Waals surface area (Å²) in [5.41, 5.74) is 3.91. The van der Waals surface area contributed by atoms with E-state index in [2.05, 4.69) is 34.5 Å². The van der Waals surface area contributed by atoms with E-state index in [1.165, 1.54) is 11.1 Å². The van der Waals surface area contributed by atoms with Crippen LogP contribution in [0, 0.1) is 6.92 Å². The van der Waals surface area contributed by atoms with Crippen molar-refractivity contribution in [2.45, 2.75) is 39.3 Å². The monoisotopic (exact) mass is 420 g/mol. The van der Waals surface area contributed by atoms with Crippen molar-refractivity contribution in [1.82, 2.24) is 10.2 Å². The largest absolute Gasteiger partial charge is 0.497 e. The second-order valence-corrected chi connectivity index (χ2v) is 8.25. The lowest BCUT2D eigenvalue weighted by Gasteiger charge is -2.31. The molecule has 1 unspecified atom stereocenters. The van der Waals surface area contributed by atoms with E-state index in [0.717, 1.165) is 37.0 Å². The van der Waals surface area contributed by atoms with Crippen molar-refractivity contribution in [3.05, 3.63) is 75.1 Å². The van der Waals surface area contributed by atoms with Gasteiger partial charge >= 0.3 is 5.63 Å². The molecule has 1 aromatic heterocycles. The summed E-state index contributed by atoms with van der Waals surface area (Å²) in [5, 5.41) is 3.85. The first kappa shape index (κ1) is 21.1. The van der Waals surface area contributed by atoms with E-state index >= 15 is 0 Å². The molecule has 2 aromatic carbocycles. The van der Waals surface area contributed by atoms with Gasteiger partial charge in [-0.1, -0.05) is 24.3 Å². The molecule has 1 N–H and O–H groups in total. The van der Waals surface area contributed by atoms with Crippen LogP contribution in [0.1, 0.15) is 29.2 Å². The van der Waals surface area contributed by atoms with Crippen LogP contribution >= 0.6 is 0 Å². The van der Waals surface area contributed by atoms with Gasteiger partial charge in [0.2, 0.25) is 5.91 Å². The molecule has 2 heterocycles. The van der Waals surface area contributed by atoms with Crippen LogP contribution in [0.2, 0.25) is 0 Å². The van der Waals surface area contributed by atoms with Crippen LogP contribution in [-0.2, 0) is 24.2 Å². The van der Waals surface area contributed by atoms with Gasteiger partial charge in [-0.15, -0.1) is 0 Å². The Morgan fingerprint density at radius 2 is 2.00 bits per heavy atom. The van der Waals surface area contributed by atoms with Crippen LogP contribution < -0.4 is 15.7 Å². The van der Waals surface area contributed by atoms with Crippen molar-refractivity contribution in [2.75, 3.05) is 20.2 Å². The summed E-state index contributed by atoms with van der Waals surface area (Å²) in [7, 11) is 1.56. The number of carbonyl (C=O) groups excluding carboxylic acids is 1. The van der Waals surface area contributed by atoms with Gasteiger partial charge in [-0.3, -0.25) is 9.69 Å². The summed E-state index contributed by atoms with van der Waals surface area (Å²) in [4.78, 5) is 27.5. The zero-order chi connectivity index (χ0) is 22.0. The first-order valence-electron chi connectivity index (χ1n) is 10.6. The second-order valence-electron chi connectivity index (χ2n) is 8.25. The highest BCUT2D eigenvalue weighted by Crippen LogP contribution is 2.24. The average Bonchev–Trinajstić information content (AvgIpc) is 2.76. The summed E-state index contributed by atoms with van der Waals surface area (Å²) in [6.45, 7) is 6.50. The molecular weight excluding hydrogens is 392 g/mol. The molecule has 0 aliphatic carbocycles. The van der Waals surface area contributed by atoms with Gasteiger partial charge in [-0.2, -0.15) is 0 Å². The maximum absolute atomic E-state index is 12.7. The predicted molar refractivity (Wildman–Crippen MR) is 121 cm³/mol. The zero-order valence-corrected chi connectivity index (χ0v) is 18.2. The Kier molecular flexibility index (Phi) is 6.09. The number of hydrogen-bond donors (Lipinski definition) is 1. The van der Waals surface area contributed by atoms with Crippen LogP contribution in [0.15, 0.2) is 51.7 Å². The number of methoxy groups -OCH3 is 1. The summed E-state index contributed by atoms with van der Waals surface area (Å²) in [6, 6.07) is 13.8. The van der Waals surface area contributed by atoms with Gasteiger partial charge in [0.15, 0.2) is 0 Å². The first-order valence-corrected chi connectivity index (χ1v) is 10.6. The number of ether oxygens (including phenoxy) is 1. The number of fused-ring (bicyclic) bond motifs is 2. The fourth-order valence-corrected chi connectivity index (χ4v) is 4.34. The van der Waals surface area contributed by atoms with E-state index < -0.39 is 5.63 Å². The molecular formula is C25H28N2O4. The molecule has 0 saturated heterocycles. The third-order valence-electron chi connectivity index (χ3n) is 5.98. The minimum atomic E-state index is -0.478. The summed E-state index contributed by atoms with van der Waals surface area (Å²) in [6.07, 6.45) is 1.03. The number of aryl methyl sites for hydroxylation is 1. The van der Waals surface area contributed by atoms with Crippen molar-refractivity contribution < 1.29 is 13.9 Å². The zero-order valence-electron chi connectivity index (χ0n) is 18.2. The lowest BCUT2D eigenvalue weighted by Crippen LogP contribution is -2.44. The average molecular weight is 421 g/mol. The number of carbonyl (C=O) groups is 1. The Labute approximate surface area is 181 Å². The highest BCUT2D eigenvalue weighted by molar-refractivity contribution is 5.85. The quantitative estimate of drug-likeness (QED) is 0.620. The van der Waals surface area contributed by atoms with Gasteiger partial charge in [0.25, 0.3) is 0 Å². The number of amides is 1. The maximum atomic E-state index is 12.7. The number of benzene rings is 2. The molecule has 31 heavy (non-hydrogen) atoms. The van der Waals surface area contributed by atoms with Gasteiger partial charge < -0.3 is 14.5 Å². The van der Waals surface area contributed by atoms with Gasteiger partial charge in [0.1, 0.15) is 11.3 Å². The molecule has 0 spiro atoms. The third kappa shape index (κ3) is 4.64. The highest BCUT2D eigenvalue weighted by atomic mass is 16.5. The van der Waals surface area contributed by atoms with Crippen molar-refractivity contribution in [3.63, 3.8) is 0 Å². The fourth-order valence-electron chi connectivity index (χ4n) is 4.34. The van der Waals surface area contributed by atoms with E-state index in [9.17, 15) is 9.59 Å². The highest BCUT2D eigenvalue weighted by Gasteiger charge is 2.20. The molecule has 3 aromatic rings. The number of hydrogen-bond acceptors (Lipinski definition) is 5. The molecule has 162 valence electrons. The lowest BCUT2D eigenvalue weighted by molar-refractivity contribution is -0.121. The van der Waals surface area contributed by atoms with E-state index in [0.29, 0.717) is 16.9 Å². The van der Waals surface area contributed by atoms with Crippen LogP contribution in [-0.4, -0.2) is 37.0 Å². The first-order chi connectivity index (χ1) is 14.9. The molecule has 6 heteroatoms. The third-order valence-corrected chi connectivity index (χ3v) is 5.98. The second kappa shape index (κ2) is 8.94. The minimum Gasteiger partial charge on any atom is -0.497 e. The molecule has 0 radical (unpaired) electrons. The van der Waals surface area contributed by atoms with Crippen molar-refractivity contribution in [1.29, 1.82) is 0 Å². The Morgan fingerprint density at radius 1 is 1.23 bits per heavy atom. The van der Waals surface area contributed by atoms with Crippen LogP contribution in [0.3, 0.4) is 0 Å². The summed E-state index contributed by atoms with van der Waals surface area (Å²) < 4.78 is 10.6. The van der Waals surface area contributed by atoms with E-state index in [-0.39, 0.29) is 18.4 Å². The Hall–Kier alpha value is -3.12.